The summed E-state index contributed by atoms with van der Waals surface area (Å²) in [5.74, 6) is 1.45. The minimum atomic E-state index is -0.476. The highest BCUT2D eigenvalue weighted by atomic mass is 16.3. The summed E-state index contributed by atoms with van der Waals surface area (Å²) in [4.78, 5) is 4.30. The van der Waals surface area contributed by atoms with Crippen molar-refractivity contribution in [3.8, 4) is 5.82 Å². The Balaban J connectivity index is 1.86. The maximum absolute atomic E-state index is 9.41. The average molecular weight is 229 g/mol. The summed E-state index contributed by atoms with van der Waals surface area (Å²) >= 11 is 0. The fourth-order valence-corrected chi connectivity index (χ4v) is 1.84. The molecule has 1 aliphatic carbocycles. The first-order chi connectivity index (χ1) is 8.24. The van der Waals surface area contributed by atoms with Crippen LogP contribution in [0.1, 0.15) is 43.0 Å². The molecule has 0 unspecified atom stereocenters. The van der Waals surface area contributed by atoms with Crippen LogP contribution >= 0.6 is 0 Å². The molecule has 2 aromatic heterocycles. The molecule has 2 aromatic rings. The van der Waals surface area contributed by atoms with Crippen LogP contribution in [0.15, 0.2) is 30.6 Å². The molecule has 0 amide bonds. The first kappa shape index (κ1) is 10.5. The zero-order valence-corrected chi connectivity index (χ0v) is 9.74. The zero-order valence-electron chi connectivity index (χ0n) is 9.74. The molecule has 1 fully saturated rings. The van der Waals surface area contributed by atoms with Crippen molar-refractivity contribution in [3.05, 3.63) is 41.9 Å². The number of aromatic nitrogens is 3. The Morgan fingerprint density at radius 1 is 1.35 bits per heavy atom. The predicted molar refractivity (Wildman–Crippen MR) is 64.0 cm³/mol. The molecule has 2 heterocycles. The van der Waals surface area contributed by atoms with Gasteiger partial charge in [0.2, 0.25) is 0 Å². The van der Waals surface area contributed by atoms with Crippen LogP contribution in [0.3, 0.4) is 0 Å². The van der Waals surface area contributed by atoms with Gasteiger partial charge in [-0.1, -0.05) is 6.07 Å². The minimum absolute atomic E-state index is 0.476. The SMILES string of the molecule is C[C@H](O)c1ccc(-n2ccc(C3CC3)n2)nc1. The lowest BCUT2D eigenvalue weighted by atomic mass is 10.2. The Kier molecular flexibility index (Phi) is 2.44. The van der Waals surface area contributed by atoms with Gasteiger partial charge in [0, 0.05) is 18.3 Å². The van der Waals surface area contributed by atoms with Gasteiger partial charge < -0.3 is 5.11 Å². The van der Waals surface area contributed by atoms with Crippen molar-refractivity contribution in [2.24, 2.45) is 0 Å². The Hall–Kier alpha value is -1.68. The lowest BCUT2D eigenvalue weighted by molar-refractivity contribution is 0.199. The Bertz CT molecular complexity index is 512. The van der Waals surface area contributed by atoms with Crippen molar-refractivity contribution in [3.63, 3.8) is 0 Å². The van der Waals surface area contributed by atoms with Gasteiger partial charge in [-0.3, -0.25) is 0 Å². The van der Waals surface area contributed by atoms with Gasteiger partial charge in [-0.2, -0.15) is 5.10 Å². The highest BCUT2D eigenvalue weighted by molar-refractivity contribution is 5.27. The Morgan fingerprint density at radius 2 is 2.18 bits per heavy atom. The highest BCUT2D eigenvalue weighted by Gasteiger charge is 2.25. The van der Waals surface area contributed by atoms with Crippen LogP contribution in [0.4, 0.5) is 0 Å². The number of rotatable bonds is 3. The smallest absolute Gasteiger partial charge is 0.153 e. The van der Waals surface area contributed by atoms with E-state index in [-0.39, 0.29) is 0 Å². The molecule has 4 heteroatoms. The fourth-order valence-electron chi connectivity index (χ4n) is 1.84. The topological polar surface area (TPSA) is 50.9 Å². The second-order valence-corrected chi connectivity index (χ2v) is 4.59. The van der Waals surface area contributed by atoms with Crippen molar-refractivity contribution in [1.82, 2.24) is 14.8 Å². The molecule has 88 valence electrons. The largest absolute Gasteiger partial charge is 0.389 e. The Morgan fingerprint density at radius 3 is 2.76 bits per heavy atom. The third-order valence-electron chi connectivity index (χ3n) is 3.09. The lowest BCUT2D eigenvalue weighted by Gasteiger charge is -2.05. The summed E-state index contributed by atoms with van der Waals surface area (Å²) in [7, 11) is 0. The van der Waals surface area contributed by atoms with Crippen LogP contribution in [0.25, 0.3) is 5.82 Å². The predicted octanol–water partition coefficient (Wildman–Crippen LogP) is 2.20. The summed E-state index contributed by atoms with van der Waals surface area (Å²) < 4.78 is 1.79. The number of pyridine rings is 1. The molecule has 1 N–H and O–H groups in total. The zero-order chi connectivity index (χ0) is 11.8. The number of hydrogen-bond acceptors (Lipinski definition) is 3. The van der Waals surface area contributed by atoms with Gasteiger partial charge in [0.15, 0.2) is 5.82 Å². The van der Waals surface area contributed by atoms with Crippen LogP contribution in [-0.4, -0.2) is 19.9 Å². The number of nitrogens with zero attached hydrogens (tertiary/aromatic N) is 3. The van der Waals surface area contributed by atoms with Gasteiger partial charge in [0.25, 0.3) is 0 Å². The van der Waals surface area contributed by atoms with Crippen LogP contribution in [0.2, 0.25) is 0 Å². The van der Waals surface area contributed by atoms with Gasteiger partial charge in [-0.05, 0) is 37.5 Å². The van der Waals surface area contributed by atoms with E-state index in [4.69, 9.17) is 0 Å². The van der Waals surface area contributed by atoms with E-state index in [1.54, 1.807) is 17.8 Å². The molecule has 1 atom stereocenters. The molecule has 0 bridgehead atoms. The lowest BCUT2D eigenvalue weighted by Crippen LogP contribution is -2.00. The van der Waals surface area contributed by atoms with E-state index in [0.29, 0.717) is 5.92 Å². The summed E-state index contributed by atoms with van der Waals surface area (Å²) in [6.07, 6.45) is 5.67. The van der Waals surface area contributed by atoms with Gasteiger partial charge in [-0.15, -0.1) is 0 Å². The quantitative estimate of drug-likeness (QED) is 0.877. The molecule has 0 spiro atoms. The maximum Gasteiger partial charge on any atom is 0.153 e. The van der Waals surface area contributed by atoms with E-state index in [2.05, 4.69) is 16.1 Å². The third-order valence-corrected chi connectivity index (χ3v) is 3.09. The molecule has 0 aromatic carbocycles. The summed E-state index contributed by atoms with van der Waals surface area (Å²) in [5.41, 5.74) is 1.98. The first-order valence-electron chi connectivity index (χ1n) is 5.94. The van der Waals surface area contributed by atoms with Crippen molar-refractivity contribution < 1.29 is 5.11 Å². The maximum atomic E-state index is 9.41. The summed E-state index contributed by atoms with van der Waals surface area (Å²) in [5, 5.41) is 13.9. The second kappa shape index (κ2) is 3.96. The molecule has 0 saturated heterocycles. The van der Waals surface area contributed by atoms with E-state index >= 15 is 0 Å². The van der Waals surface area contributed by atoms with E-state index in [9.17, 15) is 5.11 Å². The van der Waals surface area contributed by atoms with Gasteiger partial charge >= 0.3 is 0 Å². The van der Waals surface area contributed by atoms with Crippen molar-refractivity contribution >= 4 is 0 Å². The normalized spacial score (nSPS) is 17.1. The molecular weight excluding hydrogens is 214 g/mol. The van der Waals surface area contributed by atoms with Crippen molar-refractivity contribution in [2.75, 3.05) is 0 Å². The average Bonchev–Trinajstić information content (AvgIpc) is 3.07. The number of hydrogen-bond donors (Lipinski definition) is 1. The molecule has 3 rings (SSSR count). The van der Waals surface area contributed by atoms with Crippen LogP contribution < -0.4 is 0 Å². The van der Waals surface area contributed by atoms with E-state index in [0.717, 1.165) is 17.1 Å². The monoisotopic (exact) mass is 229 g/mol. The Labute approximate surface area is 99.9 Å². The van der Waals surface area contributed by atoms with E-state index < -0.39 is 6.10 Å². The van der Waals surface area contributed by atoms with Gasteiger partial charge in [0.1, 0.15) is 0 Å². The molecule has 1 saturated carbocycles. The molecule has 1 aliphatic rings. The number of aliphatic hydroxyl groups excluding tert-OH is 1. The van der Waals surface area contributed by atoms with Crippen LogP contribution in [0.5, 0.6) is 0 Å². The van der Waals surface area contributed by atoms with E-state index in [1.807, 2.05) is 18.3 Å². The van der Waals surface area contributed by atoms with Crippen LogP contribution in [0, 0.1) is 0 Å². The van der Waals surface area contributed by atoms with E-state index in [1.165, 1.54) is 12.8 Å². The minimum Gasteiger partial charge on any atom is -0.389 e. The molecule has 17 heavy (non-hydrogen) atoms. The summed E-state index contributed by atoms with van der Waals surface area (Å²) in [6, 6.07) is 5.82. The first-order valence-corrected chi connectivity index (χ1v) is 5.94. The fraction of sp³-hybridized carbons (Fsp3) is 0.385. The highest BCUT2D eigenvalue weighted by Crippen LogP contribution is 2.38. The van der Waals surface area contributed by atoms with Crippen molar-refractivity contribution in [1.29, 1.82) is 0 Å². The third kappa shape index (κ3) is 2.08. The molecular formula is C13H15N3O. The summed E-state index contributed by atoms with van der Waals surface area (Å²) in [6.45, 7) is 1.73. The second-order valence-electron chi connectivity index (χ2n) is 4.59. The molecule has 4 nitrogen and oxygen atoms in total. The van der Waals surface area contributed by atoms with Crippen LogP contribution in [-0.2, 0) is 0 Å². The van der Waals surface area contributed by atoms with Crippen molar-refractivity contribution in [2.45, 2.75) is 31.8 Å². The standard InChI is InChI=1S/C13H15N3O/c1-9(17)11-4-5-13(14-8-11)16-7-6-12(15-16)10-2-3-10/h4-10,17H,2-3H2,1H3/t9-/m0/s1. The molecule has 0 radical (unpaired) electrons. The number of aliphatic hydroxyl groups is 1. The van der Waals surface area contributed by atoms with Gasteiger partial charge in [0.05, 0.1) is 11.8 Å². The molecule has 0 aliphatic heterocycles. The van der Waals surface area contributed by atoms with Gasteiger partial charge in [-0.25, -0.2) is 9.67 Å².